The lowest BCUT2D eigenvalue weighted by Gasteiger charge is -2.30. The van der Waals surface area contributed by atoms with Crippen molar-refractivity contribution in [3.05, 3.63) is 28.8 Å². The Morgan fingerprint density at radius 2 is 2.00 bits per heavy atom. The molecule has 7 nitrogen and oxygen atoms in total. The molecular formula is C19H22ClN3O4. The number of benzene rings is 1. The van der Waals surface area contributed by atoms with Crippen LogP contribution in [0.15, 0.2) is 18.2 Å². The van der Waals surface area contributed by atoms with Gasteiger partial charge < -0.3 is 10.1 Å². The zero-order chi connectivity index (χ0) is 19.5. The zero-order valence-corrected chi connectivity index (χ0v) is 16.2. The number of hydrogen-bond donors (Lipinski definition) is 2. The molecule has 1 spiro atoms. The number of ether oxygens (including phenoxy) is 1. The molecule has 2 saturated heterocycles. The van der Waals surface area contributed by atoms with E-state index in [2.05, 4.69) is 10.6 Å². The second kappa shape index (κ2) is 6.29. The molecule has 3 aliphatic heterocycles. The van der Waals surface area contributed by atoms with E-state index in [1.54, 1.807) is 18.2 Å². The highest BCUT2D eigenvalue weighted by atomic mass is 35.5. The van der Waals surface area contributed by atoms with E-state index in [-0.39, 0.29) is 42.8 Å². The third-order valence-corrected chi connectivity index (χ3v) is 6.28. The van der Waals surface area contributed by atoms with Gasteiger partial charge in [0, 0.05) is 18.7 Å². The smallest absolute Gasteiger partial charge is 0.250 e. The van der Waals surface area contributed by atoms with Crippen LogP contribution < -0.4 is 10.6 Å². The van der Waals surface area contributed by atoms with Crippen LogP contribution in [0, 0.1) is 17.8 Å². The molecule has 0 bridgehead atoms. The SMILES string of the molecule is COCCN1C(=O)[C@H]2C(C(C)C)NC3(C(=O)Nc4c(Cl)cccc43)[C@H]2C1=O. The molecule has 8 heteroatoms. The summed E-state index contributed by atoms with van der Waals surface area (Å²) in [4.78, 5) is 40.8. The number of methoxy groups -OCH3 is 1. The van der Waals surface area contributed by atoms with Crippen LogP contribution in [0.1, 0.15) is 19.4 Å². The van der Waals surface area contributed by atoms with E-state index in [1.807, 2.05) is 13.8 Å². The number of carbonyl (C=O) groups excluding carboxylic acids is 3. The molecule has 0 saturated carbocycles. The van der Waals surface area contributed by atoms with Gasteiger partial charge in [-0.3, -0.25) is 24.6 Å². The van der Waals surface area contributed by atoms with Gasteiger partial charge in [0.1, 0.15) is 5.54 Å². The number of carbonyl (C=O) groups is 3. The first kappa shape index (κ1) is 18.4. The highest BCUT2D eigenvalue weighted by Crippen LogP contribution is 2.54. The molecule has 2 fully saturated rings. The van der Waals surface area contributed by atoms with Gasteiger partial charge >= 0.3 is 0 Å². The lowest BCUT2D eigenvalue weighted by molar-refractivity contribution is -0.143. The number of rotatable bonds is 4. The predicted octanol–water partition coefficient (Wildman–Crippen LogP) is 1.36. The van der Waals surface area contributed by atoms with Crippen molar-refractivity contribution in [2.24, 2.45) is 17.8 Å². The van der Waals surface area contributed by atoms with Crippen LogP contribution in [0.4, 0.5) is 5.69 Å². The topological polar surface area (TPSA) is 87.7 Å². The Hall–Kier alpha value is -1.96. The summed E-state index contributed by atoms with van der Waals surface area (Å²) in [5.41, 5.74) is -0.141. The van der Waals surface area contributed by atoms with Crippen molar-refractivity contribution >= 4 is 35.0 Å². The first-order valence-electron chi connectivity index (χ1n) is 9.07. The average molecular weight is 392 g/mol. The maximum Gasteiger partial charge on any atom is 0.250 e. The second-order valence-corrected chi connectivity index (χ2v) is 8.07. The number of likely N-dealkylation sites (tertiary alicyclic amines) is 1. The Kier molecular flexibility index (Phi) is 4.29. The number of fused-ring (bicyclic) bond motifs is 4. The lowest BCUT2D eigenvalue weighted by atomic mass is 9.76. The summed E-state index contributed by atoms with van der Waals surface area (Å²) in [6, 6.07) is 4.95. The minimum atomic E-state index is -1.28. The number of imide groups is 1. The van der Waals surface area contributed by atoms with Crippen molar-refractivity contribution in [3.63, 3.8) is 0 Å². The largest absolute Gasteiger partial charge is 0.383 e. The fraction of sp³-hybridized carbons (Fsp3) is 0.526. The normalized spacial score (nSPS) is 31.8. The van der Waals surface area contributed by atoms with Crippen LogP contribution in [-0.4, -0.2) is 48.9 Å². The lowest BCUT2D eigenvalue weighted by Crippen LogP contribution is -2.54. The molecule has 0 radical (unpaired) electrons. The summed E-state index contributed by atoms with van der Waals surface area (Å²) in [5, 5.41) is 6.61. The first-order chi connectivity index (χ1) is 12.8. The molecular weight excluding hydrogens is 370 g/mol. The molecule has 2 unspecified atom stereocenters. The molecule has 2 N–H and O–H groups in total. The van der Waals surface area contributed by atoms with Crippen molar-refractivity contribution in [1.29, 1.82) is 0 Å². The Labute approximate surface area is 162 Å². The number of nitrogens with one attached hydrogen (secondary N) is 2. The van der Waals surface area contributed by atoms with Crippen LogP contribution in [0.3, 0.4) is 0 Å². The Bertz CT molecular complexity index is 842. The maximum atomic E-state index is 13.3. The van der Waals surface area contributed by atoms with Crippen LogP contribution in [-0.2, 0) is 24.7 Å². The van der Waals surface area contributed by atoms with Gasteiger partial charge in [-0.05, 0) is 12.0 Å². The third-order valence-electron chi connectivity index (χ3n) is 5.96. The zero-order valence-electron chi connectivity index (χ0n) is 15.4. The molecule has 0 aromatic heterocycles. The summed E-state index contributed by atoms with van der Waals surface area (Å²) >= 11 is 6.28. The van der Waals surface area contributed by atoms with Crippen LogP contribution in [0.2, 0.25) is 5.02 Å². The van der Waals surface area contributed by atoms with Crippen molar-refractivity contribution < 1.29 is 19.1 Å². The fourth-order valence-electron chi connectivity index (χ4n) is 4.76. The van der Waals surface area contributed by atoms with Gasteiger partial charge in [-0.15, -0.1) is 0 Å². The first-order valence-corrected chi connectivity index (χ1v) is 9.44. The molecule has 1 aromatic rings. The van der Waals surface area contributed by atoms with Gasteiger partial charge in [0.2, 0.25) is 17.7 Å². The summed E-state index contributed by atoms with van der Waals surface area (Å²) in [6.07, 6.45) is 0. The van der Waals surface area contributed by atoms with E-state index in [0.717, 1.165) is 0 Å². The van der Waals surface area contributed by atoms with Crippen molar-refractivity contribution in [3.8, 4) is 0 Å². The van der Waals surface area contributed by atoms with E-state index >= 15 is 0 Å². The van der Waals surface area contributed by atoms with Crippen LogP contribution >= 0.6 is 11.6 Å². The molecule has 4 atom stereocenters. The molecule has 3 aliphatic rings. The van der Waals surface area contributed by atoms with Gasteiger partial charge in [0.05, 0.1) is 35.7 Å². The number of nitrogens with zero attached hydrogens (tertiary/aromatic N) is 1. The summed E-state index contributed by atoms with van der Waals surface area (Å²) < 4.78 is 5.05. The number of anilines is 1. The molecule has 0 aliphatic carbocycles. The van der Waals surface area contributed by atoms with E-state index in [0.29, 0.717) is 16.3 Å². The maximum absolute atomic E-state index is 13.3. The van der Waals surface area contributed by atoms with Crippen molar-refractivity contribution in [2.75, 3.05) is 25.6 Å². The summed E-state index contributed by atoms with van der Waals surface area (Å²) in [6.45, 7) is 4.41. The molecule has 4 rings (SSSR count). The Balaban J connectivity index is 1.87. The summed E-state index contributed by atoms with van der Waals surface area (Å²) in [5.74, 6) is -2.24. The quantitative estimate of drug-likeness (QED) is 0.757. The number of hydrogen-bond acceptors (Lipinski definition) is 5. The molecule has 1 aromatic carbocycles. The highest BCUT2D eigenvalue weighted by molar-refractivity contribution is 6.35. The van der Waals surface area contributed by atoms with E-state index < -0.39 is 17.4 Å². The monoisotopic (exact) mass is 391 g/mol. The van der Waals surface area contributed by atoms with Crippen LogP contribution in [0.5, 0.6) is 0 Å². The molecule has 27 heavy (non-hydrogen) atoms. The van der Waals surface area contributed by atoms with Gasteiger partial charge in [-0.2, -0.15) is 0 Å². The van der Waals surface area contributed by atoms with Gasteiger partial charge in [-0.1, -0.05) is 37.6 Å². The standard InChI is InChI=1S/C19H22ClN3O4/c1-9(2)14-12-13(17(25)23(16(12)24)7-8-27-3)19(22-14)10-5-4-6-11(20)15(10)21-18(19)26/h4-6,9,12-14,22H,7-8H2,1-3H3,(H,21,26)/t12-,13-,14?,19?/m1/s1. The van der Waals surface area contributed by atoms with E-state index in [4.69, 9.17) is 16.3 Å². The van der Waals surface area contributed by atoms with Crippen LogP contribution in [0.25, 0.3) is 0 Å². The van der Waals surface area contributed by atoms with Crippen molar-refractivity contribution in [2.45, 2.75) is 25.4 Å². The number of para-hydroxylation sites is 1. The molecule has 144 valence electrons. The predicted molar refractivity (Wildman–Crippen MR) is 99.1 cm³/mol. The minimum absolute atomic E-state index is 0.0621. The van der Waals surface area contributed by atoms with Crippen molar-refractivity contribution in [1.82, 2.24) is 10.2 Å². The highest BCUT2D eigenvalue weighted by Gasteiger charge is 2.70. The Morgan fingerprint density at radius 1 is 1.26 bits per heavy atom. The fourth-order valence-corrected chi connectivity index (χ4v) is 4.98. The van der Waals surface area contributed by atoms with E-state index in [9.17, 15) is 14.4 Å². The number of amides is 3. The summed E-state index contributed by atoms with van der Waals surface area (Å²) in [7, 11) is 1.52. The van der Waals surface area contributed by atoms with Gasteiger partial charge in [0.15, 0.2) is 0 Å². The molecule has 3 heterocycles. The second-order valence-electron chi connectivity index (χ2n) is 7.66. The van der Waals surface area contributed by atoms with Gasteiger partial charge in [-0.25, -0.2) is 0 Å². The van der Waals surface area contributed by atoms with Gasteiger partial charge in [0.25, 0.3) is 0 Å². The number of halogens is 1. The molecule has 3 amide bonds. The average Bonchev–Trinajstić information content (AvgIpc) is 3.21. The third kappa shape index (κ3) is 2.31. The van der Waals surface area contributed by atoms with E-state index in [1.165, 1.54) is 12.0 Å². The minimum Gasteiger partial charge on any atom is -0.383 e. The Morgan fingerprint density at radius 3 is 2.67 bits per heavy atom.